The Morgan fingerprint density at radius 1 is 0.807 bits per heavy atom. The highest BCUT2D eigenvalue weighted by Crippen LogP contribution is 2.48. The highest BCUT2D eigenvalue weighted by atomic mass is 28.4. The zero-order chi connectivity index (χ0) is 42.2. The molecule has 2 aliphatic rings. The molecule has 0 saturated carbocycles. The predicted molar refractivity (Wildman–Crippen MR) is 225 cm³/mol. The average molecular weight is 810 g/mol. The van der Waals surface area contributed by atoms with E-state index in [2.05, 4.69) is 79.6 Å². The SMILES string of the molecule is C=O.COCOc1ccc(C2OCC(C)(C)CO2)cc1C(O)(c1cccc(N(C)CCCO[Si](C)(C)C(C)(C)C)c1)c1cc(C2OCC(C)(C)CO2)ccc1OC. The molecule has 0 aromatic heterocycles. The number of benzene rings is 3. The maximum atomic E-state index is 13.7. The van der Waals surface area contributed by atoms with E-state index < -0.39 is 26.5 Å². The molecule has 2 saturated heterocycles. The van der Waals surface area contributed by atoms with Gasteiger partial charge in [0.1, 0.15) is 23.9 Å². The van der Waals surface area contributed by atoms with Crippen LogP contribution in [0.2, 0.25) is 18.1 Å². The molecule has 2 aliphatic heterocycles. The van der Waals surface area contributed by atoms with Crippen molar-refractivity contribution in [2.75, 3.05) is 72.5 Å². The number of ether oxygens (including phenoxy) is 7. The second-order valence-corrected chi connectivity index (χ2v) is 23.0. The minimum atomic E-state index is -1.86. The van der Waals surface area contributed by atoms with Crippen molar-refractivity contribution in [2.24, 2.45) is 10.8 Å². The van der Waals surface area contributed by atoms with E-state index in [-0.39, 0.29) is 22.7 Å². The van der Waals surface area contributed by atoms with Crippen LogP contribution in [0.1, 0.15) is 95.3 Å². The Hall–Kier alpha value is -3.33. The quantitative estimate of drug-likeness (QED) is 0.0688. The first-order valence-electron chi connectivity index (χ1n) is 19.7. The van der Waals surface area contributed by atoms with Gasteiger partial charge in [0.2, 0.25) is 0 Å². The Morgan fingerprint density at radius 3 is 1.81 bits per heavy atom. The number of anilines is 1. The third-order valence-corrected chi connectivity index (χ3v) is 15.5. The number of methoxy groups -OCH3 is 2. The highest BCUT2D eigenvalue weighted by Gasteiger charge is 2.42. The Balaban J connectivity index is 0.00000354. The Bertz CT molecular complexity index is 1740. The van der Waals surface area contributed by atoms with Gasteiger partial charge in [0, 0.05) is 66.1 Å². The summed E-state index contributed by atoms with van der Waals surface area (Å²) in [6.07, 6.45) is -0.379. The van der Waals surface area contributed by atoms with Crippen LogP contribution in [0.3, 0.4) is 0 Å². The van der Waals surface area contributed by atoms with Gasteiger partial charge < -0.3 is 52.4 Å². The van der Waals surface area contributed by atoms with Crippen LogP contribution in [0.5, 0.6) is 11.5 Å². The molecule has 0 spiro atoms. The Kier molecular flexibility index (Phi) is 15.6. The van der Waals surface area contributed by atoms with E-state index in [4.69, 9.17) is 42.4 Å². The van der Waals surface area contributed by atoms with Gasteiger partial charge >= 0.3 is 0 Å². The van der Waals surface area contributed by atoms with Gasteiger partial charge in [-0.25, -0.2) is 0 Å². The minimum absolute atomic E-state index is 0.0243. The summed E-state index contributed by atoms with van der Waals surface area (Å²) >= 11 is 0. The molecule has 3 aromatic carbocycles. The van der Waals surface area contributed by atoms with E-state index in [0.29, 0.717) is 61.2 Å². The molecule has 1 atom stereocenters. The normalized spacial score (nSPS) is 18.5. The summed E-state index contributed by atoms with van der Waals surface area (Å²) in [4.78, 5) is 10.2. The number of carbonyl (C=O) groups is 1. The molecule has 1 N–H and O–H groups in total. The lowest BCUT2D eigenvalue weighted by Gasteiger charge is -2.37. The van der Waals surface area contributed by atoms with Gasteiger partial charge in [0.25, 0.3) is 0 Å². The van der Waals surface area contributed by atoms with Crippen molar-refractivity contribution >= 4 is 20.8 Å². The van der Waals surface area contributed by atoms with Crippen LogP contribution in [-0.2, 0) is 38.5 Å². The van der Waals surface area contributed by atoms with Crippen LogP contribution >= 0.6 is 0 Å². The largest absolute Gasteiger partial charge is 0.496 e. The average Bonchev–Trinajstić information content (AvgIpc) is 3.18. The number of nitrogens with zero attached hydrogens (tertiary/aromatic N) is 1. The molecular formula is C45H67NO10Si. The van der Waals surface area contributed by atoms with E-state index in [9.17, 15) is 5.11 Å². The second-order valence-electron chi connectivity index (χ2n) is 18.1. The molecule has 12 heteroatoms. The number of hydrogen-bond donors (Lipinski definition) is 1. The third kappa shape index (κ3) is 11.2. The highest BCUT2D eigenvalue weighted by molar-refractivity contribution is 6.74. The summed E-state index contributed by atoms with van der Waals surface area (Å²) in [6, 6.07) is 19.3. The molecule has 316 valence electrons. The van der Waals surface area contributed by atoms with Crippen LogP contribution in [-0.4, -0.2) is 87.9 Å². The molecule has 0 aliphatic carbocycles. The van der Waals surface area contributed by atoms with Crippen molar-refractivity contribution in [1.82, 2.24) is 0 Å². The lowest BCUT2D eigenvalue weighted by Crippen LogP contribution is -2.41. The van der Waals surface area contributed by atoms with Gasteiger partial charge in [-0.1, -0.05) is 72.7 Å². The molecule has 2 heterocycles. The lowest BCUT2D eigenvalue weighted by molar-refractivity contribution is -0.226. The van der Waals surface area contributed by atoms with Crippen LogP contribution in [0.15, 0.2) is 60.7 Å². The van der Waals surface area contributed by atoms with Crippen molar-refractivity contribution in [3.63, 3.8) is 0 Å². The summed E-state index contributed by atoms with van der Waals surface area (Å²) in [5.74, 6) is 0.920. The Morgan fingerprint density at radius 2 is 1.32 bits per heavy atom. The number of aliphatic hydroxyl groups is 1. The predicted octanol–water partition coefficient (Wildman–Crippen LogP) is 8.77. The molecule has 0 bridgehead atoms. The summed E-state index contributed by atoms with van der Waals surface area (Å²) in [7, 11) is 3.39. The maximum Gasteiger partial charge on any atom is 0.191 e. The van der Waals surface area contributed by atoms with Crippen molar-refractivity contribution in [2.45, 2.75) is 91.2 Å². The first-order valence-corrected chi connectivity index (χ1v) is 22.6. The van der Waals surface area contributed by atoms with Gasteiger partial charge in [0.15, 0.2) is 27.7 Å². The summed E-state index contributed by atoms with van der Waals surface area (Å²) in [5, 5.41) is 13.9. The summed E-state index contributed by atoms with van der Waals surface area (Å²) in [6.45, 7) is 25.4. The number of carbonyl (C=O) groups excluding carboxylic acids is 1. The minimum Gasteiger partial charge on any atom is -0.496 e. The van der Waals surface area contributed by atoms with Gasteiger partial charge in [-0.2, -0.15) is 0 Å². The third-order valence-electron chi connectivity index (χ3n) is 11.0. The van der Waals surface area contributed by atoms with E-state index in [1.807, 2.05) is 61.4 Å². The van der Waals surface area contributed by atoms with Gasteiger partial charge in [-0.15, -0.1) is 0 Å². The van der Waals surface area contributed by atoms with Gasteiger partial charge in [-0.3, -0.25) is 0 Å². The molecule has 1 unspecified atom stereocenters. The fourth-order valence-electron chi connectivity index (χ4n) is 6.55. The topological polar surface area (TPSA) is 114 Å². The zero-order valence-electron chi connectivity index (χ0n) is 36.4. The number of hydrogen-bond acceptors (Lipinski definition) is 11. The molecule has 0 radical (unpaired) electrons. The smallest absolute Gasteiger partial charge is 0.191 e. The first-order chi connectivity index (χ1) is 26.8. The van der Waals surface area contributed by atoms with Crippen LogP contribution in [0.4, 0.5) is 5.69 Å². The Labute approximate surface area is 342 Å². The molecule has 11 nitrogen and oxygen atoms in total. The van der Waals surface area contributed by atoms with E-state index in [1.54, 1.807) is 14.2 Å². The van der Waals surface area contributed by atoms with E-state index in [1.165, 1.54) is 0 Å². The fourth-order valence-corrected chi connectivity index (χ4v) is 7.64. The van der Waals surface area contributed by atoms with Crippen LogP contribution in [0.25, 0.3) is 0 Å². The van der Waals surface area contributed by atoms with Crippen molar-refractivity contribution < 1.29 is 47.5 Å². The second kappa shape index (κ2) is 19.2. The summed E-state index contributed by atoms with van der Waals surface area (Å²) in [5.41, 5.74) is 2.00. The van der Waals surface area contributed by atoms with Crippen molar-refractivity contribution in [1.29, 1.82) is 0 Å². The molecule has 2 fully saturated rings. The standard InChI is InChI=1S/C44H65NO9Si.CH2O/c1-41(2,3)55(11,12)54-22-14-21-45(8)34-16-13-15-33(25-34)44(46,35-23-31(17-19-37(35)48-10)39-49-26-42(4,5)27-50-39)36-24-32(18-20-38(36)53-30-47-9)40-51-28-43(6,7)29-52-40;1-2/h13,15-20,23-25,39-40,46H,14,21-22,26-30H2,1-12H3;1H2. The molecule has 5 rings (SSSR count). The number of rotatable bonds is 15. The van der Waals surface area contributed by atoms with E-state index >= 15 is 0 Å². The first kappa shape index (κ1) is 46.4. The van der Waals surface area contributed by atoms with Crippen molar-refractivity contribution in [3.05, 3.63) is 88.5 Å². The molecular weight excluding hydrogens is 743 g/mol. The van der Waals surface area contributed by atoms with Crippen molar-refractivity contribution in [3.8, 4) is 11.5 Å². The lowest BCUT2D eigenvalue weighted by atomic mass is 9.78. The summed E-state index contributed by atoms with van der Waals surface area (Å²) < 4.78 is 49.0. The van der Waals surface area contributed by atoms with Crippen LogP contribution in [0, 0.1) is 10.8 Å². The van der Waals surface area contributed by atoms with Crippen LogP contribution < -0.4 is 14.4 Å². The van der Waals surface area contributed by atoms with Gasteiger partial charge in [-0.05, 0) is 66.5 Å². The zero-order valence-corrected chi connectivity index (χ0v) is 37.4. The molecule has 3 aromatic rings. The molecule has 0 amide bonds. The fraction of sp³-hybridized carbons (Fsp3) is 0.578. The molecule has 57 heavy (non-hydrogen) atoms. The van der Waals surface area contributed by atoms with Gasteiger partial charge in [0.05, 0.1) is 33.5 Å². The monoisotopic (exact) mass is 809 g/mol. The maximum absolute atomic E-state index is 13.7. The van der Waals surface area contributed by atoms with E-state index in [0.717, 1.165) is 29.8 Å².